The van der Waals surface area contributed by atoms with E-state index in [1.165, 1.54) is 12.3 Å². The summed E-state index contributed by atoms with van der Waals surface area (Å²) >= 11 is 0. The number of hydrogen-bond donors (Lipinski definition) is 3. The molecule has 3 N–H and O–H groups in total. The Bertz CT molecular complexity index is 1730. The van der Waals surface area contributed by atoms with E-state index in [0.29, 0.717) is 40.1 Å². The molecule has 0 saturated heterocycles. The van der Waals surface area contributed by atoms with Crippen LogP contribution >= 0.6 is 0 Å². The summed E-state index contributed by atoms with van der Waals surface area (Å²) in [6.45, 7) is 5.40. The van der Waals surface area contributed by atoms with Crippen molar-refractivity contribution in [2.75, 3.05) is 5.32 Å². The van der Waals surface area contributed by atoms with E-state index >= 15 is 0 Å². The first-order chi connectivity index (χ1) is 19.3. The van der Waals surface area contributed by atoms with Gasteiger partial charge in [-0.05, 0) is 56.7 Å². The van der Waals surface area contributed by atoms with Crippen LogP contribution in [-0.4, -0.2) is 40.8 Å². The fourth-order valence-corrected chi connectivity index (χ4v) is 3.97. The molecule has 0 spiro atoms. The second-order valence-electron chi connectivity index (χ2n) is 8.96. The maximum absolute atomic E-state index is 13.3. The molecule has 0 saturated carbocycles. The Morgan fingerprint density at radius 1 is 1.00 bits per heavy atom. The molecule has 12 heteroatoms. The Morgan fingerprint density at radius 3 is 2.52 bits per heavy atom. The van der Waals surface area contributed by atoms with Crippen LogP contribution in [0.2, 0.25) is 0 Å². The van der Waals surface area contributed by atoms with E-state index in [2.05, 4.69) is 45.5 Å². The van der Waals surface area contributed by atoms with Gasteiger partial charge in [0.25, 0.3) is 5.91 Å². The molecule has 5 aromatic rings. The van der Waals surface area contributed by atoms with Gasteiger partial charge in [0, 0.05) is 47.2 Å². The Kier molecular flexibility index (Phi) is 7.19. The van der Waals surface area contributed by atoms with E-state index in [1.54, 1.807) is 43.6 Å². The number of pyridine rings is 3. The summed E-state index contributed by atoms with van der Waals surface area (Å²) in [5.74, 6) is 0.675. The number of aromatic nitrogens is 7. The number of nitrogens with one attached hydrogen (secondary N) is 3. The van der Waals surface area contributed by atoms with Gasteiger partial charge < -0.3 is 15.6 Å². The van der Waals surface area contributed by atoms with E-state index < -0.39 is 5.95 Å². The highest BCUT2D eigenvalue weighted by Gasteiger charge is 2.15. The van der Waals surface area contributed by atoms with Crippen molar-refractivity contribution in [1.82, 2.24) is 40.2 Å². The molecule has 11 nitrogen and oxygen atoms in total. The number of H-pyrrole nitrogens is 1. The third-order valence-electron chi connectivity index (χ3n) is 6.01. The molecule has 5 aromatic heterocycles. The average Bonchev–Trinajstić information content (AvgIpc) is 3.40. The van der Waals surface area contributed by atoms with Crippen LogP contribution in [0.4, 0.5) is 16.0 Å². The monoisotopic (exact) mass is 534 g/mol. The van der Waals surface area contributed by atoms with Crippen molar-refractivity contribution in [2.24, 2.45) is 0 Å². The first kappa shape index (κ1) is 26.1. The van der Waals surface area contributed by atoms with Crippen LogP contribution in [0.1, 0.15) is 46.2 Å². The zero-order valence-electron chi connectivity index (χ0n) is 21.8. The number of carbonyl (C=O) groups excluding carboxylic acids is 1. The molecule has 0 bridgehead atoms. The standard InChI is InChI=1S/C28H23FN10O/c1-15-10-24(37-26-14-33-25(11-30)38-26)39-27(34-15)19-5-8-22(32-13-19)28(40)36-16(2)18-4-7-21(31-12-18)20-6-9-23(29)35-17(20)3/h4-10,12-14,16H,1-3H3,(H,33,38)(H,36,40)(H,34,37,39). The van der Waals surface area contributed by atoms with Gasteiger partial charge in [0.1, 0.15) is 17.6 Å². The number of carbonyl (C=O) groups is 1. The average molecular weight is 535 g/mol. The molecule has 40 heavy (non-hydrogen) atoms. The van der Waals surface area contributed by atoms with Crippen LogP contribution < -0.4 is 10.6 Å². The molecule has 0 aliphatic carbocycles. The zero-order valence-corrected chi connectivity index (χ0v) is 21.8. The summed E-state index contributed by atoms with van der Waals surface area (Å²) < 4.78 is 13.3. The minimum atomic E-state index is -0.537. The lowest BCUT2D eigenvalue weighted by molar-refractivity contribution is 0.0935. The molecule has 5 rings (SSSR count). The van der Waals surface area contributed by atoms with Crippen LogP contribution in [0, 0.1) is 31.1 Å². The molecular formula is C28H23FN10O. The van der Waals surface area contributed by atoms with Crippen molar-refractivity contribution in [3.8, 4) is 28.7 Å². The molecule has 0 aromatic carbocycles. The molecule has 1 atom stereocenters. The van der Waals surface area contributed by atoms with E-state index in [-0.39, 0.29) is 23.5 Å². The fourth-order valence-electron chi connectivity index (χ4n) is 3.97. The van der Waals surface area contributed by atoms with Gasteiger partial charge in [-0.2, -0.15) is 9.65 Å². The van der Waals surface area contributed by atoms with E-state index in [0.717, 1.165) is 11.1 Å². The number of halogens is 1. The second-order valence-corrected chi connectivity index (χ2v) is 8.96. The largest absolute Gasteiger partial charge is 0.344 e. The van der Waals surface area contributed by atoms with Crippen LogP contribution in [0.5, 0.6) is 0 Å². The topological polar surface area (TPSA) is 158 Å². The van der Waals surface area contributed by atoms with Gasteiger partial charge in [0.2, 0.25) is 11.8 Å². The lowest BCUT2D eigenvalue weighted by Crippen LogP contribution is -2.27. The minimum absolute atomic E-state index is 0.187. The predicted octanol–water partition coefficient (Wildman–Crippen LogP) is 4.58. The number of anilines is 2. The normalized spacial score (nSPS) is 11.5. The maximum Gasteiger partial charge on any atom is 0.270 e. The Labute approximate surface area is 228 Å². The van der Waals surface area contributed by atoms with Crippen molar-refractivity contribution in [1.29, 1.82) is 5.26 Å². The number of aryl methyl sites for hydroxylation is 2. The van der Waals surface area contributed by atoms with E-state index in [1.807, 2.05) is 32.0 Å². The van der Waals surface area contributed by atoms with Crippen molar-refractivity contribution in [2.45, 2.75) is 26.8 Å². The summed E-state index contributed by atoms with van der Waals surface area (Å²) in [6, 6.07) is 13.3. The number of imidazole rings is 1. The van der Waals surface area contributed by atoms with Gasteiger partial charge in [-0.3, -0.25) is 14.8 Å². The second kappa shape index (κ2) is 11.0. The molecule has 198 valence electrons. The molecular weight excluding hydrogens is 511 g/mol. The SMILES string of the molecule is Cc1cc(Nc2c[nH]c(C#N)n2)nc(-c2ccc(C(=O)NC(C)c3ccc(-c4ccc(F)nc4C)nc3)nc2)n1. The van der Waals surface area contributed by atoms with Crippen molar-refractivity contribution in [3.63, 3.8) is 0 Å². The van der Waals surface area contributed by atoms with Crippen molar-refractivity contribution < 1.29 is 9.18 Å². The van der Waals surface area contributed by atoms with Gasteiger partial charge >= 0.3 is 0 Å². The highest BCUT2D eigenvalue weighted by molar-refractivity contribution is 5.92. The van der Waals surface area contributed by atoms with Crippen molar-refractivity contribution in [3.05, 3.63) is 95.5 Å². The Morgan fingerprint density at radius 2 is 1.85 bits per heavy atom. The highest BCUT2D eigenvalue weighted by Crippen LogP contribution is 2.23. The summed E-state index contributed by atoms with van der Waals surface area (Å²) in [4.78, 5) is 41.3. The van der Waals surface area contributed by atoms with Crippen molar-refractivity contribution >= 4 is 17.5 Å². The highest BCUT2D eigenvalue weighted by atomic mass is 19.1. The Hall–Kier alpha value is -5.57. The third kappa shape index (κ3) is 5.78. The van der Waals surface area contributed by atoms with E-state index in [9.17, 15) is 9.18 Å². The van der Waals surface area contributed by atoms with Crippen LogP contribution in [0.25, 0.3) is 22.6 Å². The van der Waals surface area contributed by atoms with Gasteiger partial charge in [-0.15, -0.1) is 0 Å². The summed E-state index contributed by atoms with van der Waals surface area (Å²) in [7, 11) is 0. The molecule has 0 aliphatic heterocycles. The fraction of sp³-hybridized carbons (Fsp3) is 0.143. The zero-order chi connectivity index (χ0) is 28.2. The maximum atomic E-state index is 13.3. The summed E-state index contributed by atoms with van der Waals surface area (Å²) in [5.41, 5.74) is 4.33. The number of nitriles is 1. The number of aromatic amines is 1. The molecule has 0 fully saturated rings. The first-order valence-electron chi connectivity index (χ1n) is 12.2. The van der Waals surface area contributed by atoms with Crippen LogP contribution in [0.3, 0.4) is 0 Å². The smallest absolute Gasteiger partial charge is 0.270 e. The lowest BCUT2D eigenvalue weighted by atomic mass is 10.1. The molecule has 0 aliphatic rings. The minimum Gasteiger partial charge on any atom is -0.344 e. The number of nitrogens with zero attached hydrogens (tertiary/aromatic N) is 7. The van der Waals surface area contributed by atoms with Gasteiger partial charge in [0.15, 0.2) is 11.6 Å². The van der Waals surface area contributed by atoms with Gasteiger partial charge in [0.05, 0.1) is 11.7 Å². The van der Waals surface area contributed by atoms with Gasteiger partial charge in [-0.1, -0.05) is 6.07 Å². The molecule has 1 amide bonds. The lowest BCUT2D eigenvalue weighted by Gasteiger charge is -2.14. The quantitative estimate of drug-likeness (QED) is 0.254. The number of hydrogen-bond acceptors (Lipinski definition) is 9. The van der Waals surface area contributed by atoms with Gasteiger partial charge in [-0.25, -0.2) is 19.9 Å². The van der Waals surface area contributed by atoms with Crippen LogP contribution in [-0.2, 0) is 0 Å². The summed E-state index contributed by atoms with van der Waals surface area (Å²) in [5, 5.41) is 14.9. The van der Waals surface area contributed by atoms with E-state index in [4.69, 9.17) is 5.26 Å². The number of rotatable bonds is 7. The molecule has 5 heterocycles. The first-order valence-corrected chi connectivity index (χ1v) is 12.2. The third-order valence-corrected chi connectivity index (χ3v) is 6.01. The predicted molar refractivity (Wildman–Crippen MR) is 145 cm³/mol. The molecule has 1 unspecified atom stereocenters. The number of amides is 1. The summed E-state index contributed by atoms with van der Waals surface area (Å²) in [6.07, 6.45) is 4.78. The molecule has 0 radical (unpaired) electrons. The van der Waals surface area contributed by atoms with Crippen LogP contribution in [0.15, 0.2) is 61.1 Å². The Balaban J connectivity index is 1.25.